The van der Waals surface area contributed by atoms with Crippen LogP contribution in [0.5, 0.6) is 0 Å². The highest BCUT2D eigenvalue weighted by Gasteiger charge is 2.25. The highest BCUT2D eigenvalue weighted by molar-refractivity contribution is 6.30. The normalized spacial score (nSPS) is 19.0. The number of nitrogens with one attached hydrogen (secondary N) is 1. The molecule has 0 aliphatic carbocycles. The third kappa shape index (κ3) is 4.72. The van der Waals surface area contributed by atoms with Gasteiger partial charge in [-0.05, 0) is 37.5 Å². The summed E-state index contributed by atoms with van der Waals surface area (Å²) >= 11 is 5.90. The molecule has 0 bridgehead atoms. The lowest BCUT2D eigenvalue weighted by molar-refractivity contribution is -0.157. The van der Waals surface area contributed by atoms with Gasteiger partial charge < -0.3 is 14.8 Å². The molecule has 1 fully saturated rings. The molecule has 1 N–H and O–H groups in total. The van der Waals surface area contributed by atoms with Crippen LogP contribution in [0.2, 0.25) is 5.02 Å². The van der Waals surface area contributed by atoms with Crippen LogP contribution in [-0.2, 0) is 19.1 Å². The van der Waals surface area contributed by atoms with Crippen LogP contribution < -0.4 is 5.32 Å². The number of rotatable bonds is 5. The van der Waals surface area contributed by atoms with Gasteiger partial charge in [0.2, 0.25) is 0 Å². The third-order valence-corrected chi connectivity index (χ3v) is 3.50. The first-order valence-electron chi connectivity index (χ1n) is 6.89. The summed E-state index contributed by atoms with van der Waals surface area (Å²) in [5.74, 6) is -0.827. The molecule has 0 radical (unpaired) electrons. The summed E-state index contributed by atoms with van der Waals surface area (Å²) in [5.41, 5.74) is 0.890. The van der Waals surface area contributed by atoms with Gasteiger partial charge in [-0.15, -0.1) is 0 Å². The van der Waals surface area contributed by atoms with Gasteiger partial charge in [0.1, 0.15) is 0 Å². The van der Waals surface area contributed by atoms with E-state index in [0.717, 1.165) is 12.0 Å². The Bertz CT molecular complexity index is 514. The maximum absolute atomic E-state index is 11.8. The predicted octanol–water partition coefficient (Wildman–Crippen LogP) is 2.24. The van der Waals surface area contributed by atoms with Gasteiger partial charge in [-0.25, -0.2) is 4.79 Å². The molecule has 2 rings (SSSR count). The van der Waals surface area contributed by atoms with Crippen molar-refractivity contribution in [2.75, 3.05) is 13.2 Å². The molecule has 1 amide bonds. The van der Waals surface area contributed by atoms with Gasteiger partial charge in [0.25, 0.3) is 5.91 Å². The second-order valence-electron chi connectivity index (χ2n) is 4.95. The molecule has 114 valence electrons. The predicted molar refractivity (Wildman–Crippen MR) is 77.9 cm³/mol. The number of halogens is 1. The fourth-order valence-corrected chi connectivity index (χ4v) is 2.33. The molecule has 6 heteroatoms. The number of benzene rings is 1. The van der Waals surface area contributed by atoms with Crippen molar-refractivity contribution < 1.29 is 19.1 Å². The Morgan fingerprint density at radius 1 is 1.52 bits per heavy atom. The maximum Gasteiger partial charge on any atom is 0.335 e. The molecule has 1 aliphatic heterocycles. The first kappa shape index (κ1) is 15.8. The summed E-state index contributed by atoms with van der Waals surface area (Å²) in [4.78, 5) is 23.4. The summed E-state index contributed by atoms with van der Waals surface area (Å²) in [6.45, 7) is 2.10. The molecule has 0 aromatic heterocycles. The molecular weight excluding hydrogens is 294 g/mol. The van der Waals surface area contributed by atoms with E-state index in [2.05, 4.69) is 5.32 Å². The van der Waals surface area contributed by atoms with Gasteiger partial charge in [0, 0.05) is 11.6 Å². The Hall–Kier alpha value is -1.59. The van der Waals surface area contributed by atoms with Crippen molar-refractivity contribution in [3.8, 4) is 0 Å². The van der Waals surface area contributed by atoms with Gasteiger partial charge >= 0.3 is 5.97 Å². The van der Waals surface area contributed by atoms with Crippen molar-refractivity contribution in [3.63, 3.8) is 0 Å². The van der Waals surface area contributed by atoms with Crippen LogP contribution in [0.3, 0.4) is 0 Å². The number of carbonyl (C=O) groups is 2. The molecule has 1 aromatic carbocycles. The lowest BCUT2D eigenvalue weighted by Gasteiger charge is -2.15. The van der Waals surface area contributed by atoms with Crippen LogP contribution in [0.1, 0.15) is 31.4 Å². The number of carbonyl (C=O) groups excluding carboxylic acids is 2. The number of amides is 1. The molecule has 1 aliphatic rings. The van der Waals surface area contributed by atoms with Crippen molar-refractivity contribution in [2.24, 2.45) is 0 Å². The average molecular weight is 312 g/mol. The van der Waals surface area contributed by atoms with Crippen LogP contribution >= 0.6 is 11.6 Å². The standard InChI is InChI=1S/C15H18ClNO4/c1-10(11-4-2-5-12(16)8-11)17-14(18)9-21-15(19)13-6-3-7-20-13/h2,4-5,8,10,13H,3,6-7,9H2,1H3,(H,17,18)/t10-,13-/m1/s1. The average Bonchev–Trinajstić information content (AvgIpc) is 2.99. The Labute approximate surface area is 128 Å². The Morgan fingerprint density at radius 3 is 3.00 bits per heavy atom. The fourth-order valence-electron chi connectivity index (χ4n) is 2.14. The van der Waals surface area contributed by atoms with Crippen molar-refractivity contribution in [1.29, 1.82) is 0 Å². The minimum absolute atomic E-state index is 0.211. The highest BCUT2D eigenvalue weighted by Crippen LogP contribution is 2.17. The van der Waals surface area contributed by atoms with Crippen LogP contribution in [0.15, 0.2) is 24.3 Å². The Balaban J connectivity index is 1.77. The fraction of sp³-hybridized carbons (Fsp3) is 0.467. The second kappa shape index (κ2) is 7.43. The quantitative estimate of drug-likeness (QED) is 0.847. The zero-order valence-electron chi connectivity index (χ0n) is 11.8. The molecule has 0 unspecified atom stereocenters. The van der Waals surface area contributed by atoms with E-state index in [1.807, 2.05) is 19.1 Å². The summed E-state index contributed by atoms with van der Waals surface area (Å²) < 4.78 is 10.1. The minimum Gasteiger partial charge on any atom is -0.454 e. The van der Waals surface area contributed by atoms with Gasteiger partial charge in [0.15, 0.2) is 12.7 Å². The van der Waals surface area contributed by atoms with E-state index >= 15 is 0 Å². The van der Waals surface area contributed by atoms with E-state index in [-0.39, 0.29) is 18.6 Å². The third-order valence-electron chi connectivity index (χ3n) is 3.26. The van der Waals surface area contributed by atoms with E-state index < -0.39 is 12.1 Å². The number of ether oxygens (including phenoxy) is 2. The SMILES string of the molecule is C[C@@H](NC(=O)COC(=O)[C@H]1CCCO1)c1cccc(Cl)c1. The summed E-state index contributed by atoms with van der Waals surface area (Å²) in [7, 11) is 0. The lowest BCUT2D eigenvalue weighted by Crippen LogP contribution is -2.33. The van der Waals surface area contributed by atoms with Crippen molar-refractivity contribution in [2.45, 2.75) is 31.9 Å². The zero-order chi connectivity index (χ0) is 15.2. The van der Waals surface area contributed by atoms with Gasteiger partial charge in [-0.3, -0.25) is 4.79 Å². The molecule has 21 heavy (non-hydrogen) atoms. The molecule has 0 saturated carbocycles. The van der Waals surface area contributed by atoms with Crippen molar-refractivity contribution >= 4 is 23.5 Å². The monoisotopic (exact) mass is 311 g/mol. The zero-order valence-corrected chi connectivity index (χ0v) is 12.6. The van der Waals surface area contributed by atoms with Crippen LogP contribution in [0.4, 0.5) is 0 Å². The van der Waals surface area contributed by atoms with Gasteiger partial charge in [-0.1, -0.05) is 23.7 Å². The number of esters is 1. The van der Waals surface area contributed by atoms with Crippen LogP contribution in [0.25, 0.3) is 0 Å². The van der Waals surface area contributed by atoms with Gasteiger partial charge in [0.05, 0.1) is 6.04 Å². The smallest absolute Gasteiger partial charge is 0.335 e. The molecule has 1 saturated heterocycles. The molecule has 2 atom stereocenters. The molecular formula is C15H18ClNO4. The first-order chi connectivity index (χ1) is 10.1. The largest absolute Gasteiger partial charge is 0.454 e. The van der Waals surface area contributed by atoms with Crippen LogP contribution in [-0.4, -0.2) is 31.2 Å². The maximum atomic E-state index is 11.8. The molecule has 1 heterocycles. The number of hydrogen-bond donors (Lipinski definition) is 1. The first-order valence-corrected chi connectivity index (χ1v) is 7.27. The van der Waals surface area contributed by atoms with E-state index in [4.69, 9.17) is 21.1 Å². The van der Waals surface area contributed by atoms with Crippen molar-refractivity contribution in [1.82, 2.24) is 5.32 Å². The van der Waals surface area contributed by atoms with E-state index in [1.54, 1.807) is 12.1 Å². The lowest BCUT2D eigenvalue weighted by atomic mass is 10.1. The minimum atomic E-state index is -0.525. The molecule has 1 aromatic rings. The van der Waals surface area contributed by atoms with E-state index in [0.29, 0.717) is 18.1 Å². The second-order valence-corrected chi connectivity index (χ2v) is 5.39. The highest BCUT2D eigenvalue weighted by atomic mass is 35.5. The molecule has 5 nitrogen and oxygen atoms in total. The van der Waals surface area contributed by atoms with Gasteiger partial charge in [-0.2, -0.15) is 0 Å². The van der Waals surface area contributed by atoms with E-state index in [1.165, 1.54) is 0 Å². The van der Waals surface area contributed by atoms with Crippen LogP contribution in [0, 0.1) is 0 Å². The summed E-state index contributed by atoms with van der Waals surface area (Å²) in [6.07, 6.45) is 0.972. The van der Waals surface area contributed by atoms with E-state index in [9.17, 15) is 9.59 Å². The summed E-state index contributed by atoms with van der Waals surface area (Å²) in [5, 5.41) is 3.36. The topological polar surface area (TPSA) is 64.6 Å². The summed E-state index contributed by atoms with van der Waals surface area (Å²) in [6, 6.07) is 7.03. The Morgan fingerprint density at radius 2 is 2.33 bits per heavy atom. The van der Waals surface area contributed by atoms with Crippen molar-refractivity contribution in [3.05, 3.63) is 34.9 Å². The molecule has 0 spiro atoms. The number of hydrogen-bond acceptors (Lipinski definition) is 4. The Kier molecular flexibility index (Phi) is 5.59.